The molecule has 2 aromatic heterocycles. The van der Waals surface area contributed by atoms with Gasteiger partial charge in [-0.25, -0.2) is 4.98 Å². The molecule has 1 amide bonds. The van der Waals surface area contributed by atoms with E-state index >= 15 is 0 Å². The Labute approximate surface area is 147 Å². The number of pyridine rings is 1. The van der Waals surface area contributed by atoms with Gasteiger partial charge in [0, 0.05) is 22.9 Å². The molecule has 1 fully saturated rings. The summed E-state index contributed by atoms with van der Waals surface area (Å²) in [6, 6.07) is 11.2. The van der Waals surface area contributed by atoms with Crippen LogP contribution >= 0.6 is 15.9 Å². The largest absolute Gasteiger partial charge is 0.451 e. The third-order valence-electron chi connectivity index (χ3n) is 4.14. The fourth-order valence-electron chi connectivity index (χ4n) is 2.91. The van der Waals surface area contributed by atoms with Gasteiger partial charge < -0.3 is 14.6 Å². The van der Waals surface area contributed by atoms with E-state index in [0.717, 1.165) is 28.8 Å². The first-order chi connectivity index (χ1) is 11.7. The highest BCUT2D eigenvalue weighted by atomic mass is 79.9. The highest BCUT2D eigenvalue weighted by molar-refractivity contribution is 9.10. The van der Waals surface area contributed by atoms with Gasteiger partial charge in [0.15, 0.2) is 5.76 Å². The fourth-order valence-corrected chi connectivity index (χ4v) is 3.29. The van der Waals surface area contributed by atoms with Gasteiger partial charge >= 0.3 is 0 Å². The molecule has 0 spiro atoms. The SMILES string of the molecule is O=C(Nc1ccc(N2CCCC2)nc1)c1cc2cc(Br)ccc2o1. The molecule has 3 aromatic rings. The smallest absolute Gasteiger partial charge is 0.291 e. The summed E-state index contributed by atoms with van der Waals surface area (Å²) >= 11 is 3.41. The van der Waals surface area contributed by atoms with Crippen molar-refractivity contribution in [1.82, 2.24) is 4.98 Å². The zero-order valence-electron chi connectivity index (χ0n) is 13.0. The molecule has 1 aliphatic rings. The van der Waals surface area contributed by atoms with Gasteiger partial charge in [-0.05, 0) is 49.2 Å². The Morgan fingerprint density at radius 2 is 2.00 bits per heavy atom. The Bertz CT molecular complexity index is 883. The molecule has 1 aliphatic heterocycles. The maximum absolute atomic E-state index is 12.4. The number of aromatic nitrogens is 1. The van der Waals surface area contributed by atoms with Gasteiger partial charge in [0.25, 0.3) is 5.91 Å². The molecule has 0 atom stereocenters. The number of fused-ring (bicyclic) bond motifs is 1. The minimum Gasteiger partial charge on any atom is -0.451 e. The van der Waals surface area contributed by atoms with E-state index in [2.05, 4.69) is 31.1 Å². The predicted molar refractivity (Wildman–Crippen MR) is 97.6 cm³/mol. The second kappa shape index (κ2) is 6.28. The van der Waals surface area contributed by atoms with Gasteiger partial charge in [-0.2, -0.15) is 0 Å². The zero-order chi connectivity index (χ0) is 16.5. The molecule has 5 nitrogen and oxygen atoms in total. The zero-order valence-corrected chi connectivity index (χ0v) is 14.5. The summed E-state index contributed by atoms with van der Waals surface area (Å²) in [4.78, 5) is 19.0. The van der Waals surface area contributed by atoms with E-state index in [1.165, 1.54) is 12.8 Å². The molecule has 0 bridgehead atoms. The van der Waals surface area contributed by atoms with Crippen molar-refractivity contribution < 1.29 is 9.21 Å². The number of carbonyl (C=O) groups excluding carboxylic acids is 1. The number of amides is 1. The number of anilines is 2. The number of halogens is 1. The number of rotatable bonds is 3. The van der Waals surface area contributed by atoms with Crippen molar-refractivity contribution in [2.45, 2.75) is 12.8 Å². The van der Waals surface area contributed by atoms with Crippen LogP contribution in [0.2, 0.25) is 0 Å². The number of hydrogen-bond donors (Lipinski definition) is 1. The van der Waals surface area contributed by atoms with Crippen molar-refractivity contribution in [1.29, 1.82) is 0 Å². The van der Waals surface area contributed by atoms with Gasteiger partial charge in [-0.15, -0.1) is 0 Å². The molecule has 0 unspecified atom stereocenters. The number of furan rings is 1. The Balaban J connectivity index is 1.50. The molecule has 1 aromatic carbocycles. The number of benzene rings is 1. The first kappa shape index (κ1) is 15.2. The monoisotopic (exact) mass is 385 g/mol. The lowest BCUT2D eigenvalue weighted by Crippen LogP contribution is -2.19. The summed E-state index contributed by atoms with van der Waals surface area (Å²) in [7, 11) is 0. The first-order valence-electron chi connectivity index (χ1n) is 7.90. The number of carbonyl (C=O) groups is 1. The van der Waals surface area contributed by atoms with E-state index < -0.39 is 0 Å². The van der Waals surface area contributed by atoms with Crippen molar-refractivity contribution in [3.8, 4) is 0 Å². The van der Waals surface area contributed by atoms with Crippen LogP contribution < -0.4 is 10.2 Å². The van der Waals surface area contributed by atoms with Gasteiger partial charge in [0.05, 0.1) is 11.9 Å². The lowest BCUT2D eigenvalue weighted by atomic mass is 10.2. The molecule has 0 aliphatic carbocycles. The summed E-state index contributed by atoms with van der Waals surface area (Å²) in [6.07, 6.45) is 4.11. The van der Waals surface area contributed by atoms with Gasteiger partial charge in [0.2, 0.25) is 0 Å². The van der Waals surface area contributed by atoms with Crippen LogP contribution in [0.1, 0.15) is 23.4 Å². The highest BCUT2D eigenvalue weighted by Gasteiger charge is 2.15. The maximum atomic E-state index is 12.4. The van der Waals surface area contributed by atoms with E-state index in [0.29, 0.717) is 11.3 Å². The average molecular weight is 386 g/mol. The van der Waals surface area contributed by atoms with Gasteiger partial charge in [-0.1, -0.05) is 15.9 Å². The van der Waals surface area contributed by atoms with Crippen LogP contribution in [0, 0.1) is 0 Å². The highest BCUT2D eigenvalue weighted by Crippen LogP contribution is 2.24. The molecule has 1 saturated heterocycles. The Morgan fingerprint density at radius 1 is 1.17 bits per heavy atom. The number of nitrogens with zero attached hydrogens (tertiary/aromatic N) is 2. The van der Waals surface area contributed by atoms with Crippen LogP contribution in [0.3, 0.4) is 0 Å². The van der Waals surface area contributed by atoms with Crippen molar-refractivity contribution in [2.24, 2.45) is 0 Å². The Kier molecular flexibility index (Phi) is 3.98. The van der Waals surface area contributed by atoms with Crippen molar-refractivity contribution in [2.75, 3.05) is 23.3 Å². The lowest BCUT2D eigenvalue weighted by molar-refractivity contribution is 0.0998. The van der Waals surface area contributed by atoms with Crippen LogP contribution in [0.4, 0.5) is 11.5 Å². The van der Waals surface area contributed by atoms with E-state index in [1.54, 1.807) is 12.3 Å². The molecular weight excluding hydrogens is 370 g/mol. The van der Waals surface area contributed by atoms with E-state index in [1.807, 2.05) is 30.3 Å². The molecular formula is C18H16BrN3O2. The molecule has 1 N–H and O–H groups in total. The van der Waals surface area contributed by atoms with Crippen LogP contribution in [0.5, 0.6) is 0 Å². The van der Waals surface area contributed by atoms with Crippen LogP contribution in [-0.2, 0) is 0 Å². The molecule has 24 heavy (non-hydrogen) atoms. The van der Waals surface area contributed by atoms with Gasteiger partial charge in [0.1, 0.15) is 11.4 Å². The summed E-state index contributed by atoms with van der Waals surface area (Å²) in [5.74, 6) is 0.962. The lowest BCUT2D eigenvalue weighted by Gasteiger charge is -2.16. The van der Waals surface area contributed by atoms with Crippen molar-refractivity contribution in [3.05, 3.63) is 52.8 Å². The minimum atomic E-state index is -0.280. The summed E-state index contributed by atoms with van der Waals surface area (Å²) in [5, 5.41) is 3.71. The Hall–Kier alpha value is -2.34. The maximum Gasteiger partial charge on any atom is 0.291 e. The van der Waals surface area contributed by atoms with Crippen LogP contribution in [-0.4, -0.2) is 24.0 Å². The fraction of sp³-hybridized carbons (Fsp3) is 0.222. The standard InChI is InChI=1S/C18H16BrN3O2/c19-13-3-5-15-12(9-13)10-16(24-15)18(23)21-14-4-6-17(20-11-14)22-7-1-2-8-22/h3-6,9-11H,1-2,7-8H2,(H,21,23). The number of nitrogens with one attached hydrogen (secondary N) is 1. The van der Waals surface area contributed by atoms with Gasteiger partial charge in [-0.3, -0.25) is 4.79 Å². The van der Waals surface area contributed by atoms with Crippen molar-refractivity contribution >= 4 is 44.3 Å². The second-order valence-corrected chi connectivity index (χ2v) is 6.76. The third-order valence-corrected chi connectivity index (χ3v) is 4.63. The van der Waals surface area contributed by atoms with Crippen molar-refractivity contribution in [3.63, 3.8) is 0 Å². The molecule has 0 saturated carbocycles. The average Bonchev–Trinajstić information content (AvgIpc) is 3.24. The molecule has 0 radical (unpaired) electrons. The summed E-state index contributed by atoms with van der Waals surface area (Å²) in [5.41, 5.74) is 1.34. The first-order valence-corrected chi connectivity index (χ1v) is 8.70. The Morgan fingerprint density at radius 3 is 2.75 bits per heavy atom. The van der Waals surface area contributed by atoms with E-state index in [9.17, 15) is 4.79 Å². The second-order valence-electron chi connectivity index (χ2n) is 5.85. The van der Waals surface area contributed by atoms with Crippen LogP contribution in [0.25, 0.3) is 11.0 Å². The molecule has 122 valence electrons. The molecule has 4 rings (SSSR count). The predicted octanol–water partition coefficient (Wildman–Crippen LogP) is 4.44. The minimum absolute atomic E-state index is 0.280. The topological polar surface area (TPSA) is 58.4 Å². The normalized spacial score (nSPS) is 14.3. The van der Waals surface area contributed by atoms with E-state index in [-0.39, 0.29) is 11.7 Å². The third kappa shape index (κ3) is 3.01. The quantitative estimate of drug-likeness (QED) is 0.723. The molecule has 3 heterocycles. The molecule has 6 heteroatoms. The van der Waals surface area contributed by atoms with Crippen LogP contribution in [0.15, 0.2) is 51.5 Å². The summed E-state index contributed by atoms with van der Waals surface area (Å²) in [6.45, 7) is 2.10. The van der Waals surface area contributed by atoms with E-state index in [4.69, 9.17) is 4.42 Å². The number of hydrogen-bond acceptors (Lipinski definition) is 4. The summed E-state index contributed by atoms with van der Waals surface area (Å²) < 4.78 is 6.55.